The van der Waals surface area contributed by atoms with Gasteiger partial charge >= 0.3 is 5.97 Å². The highest BCUT2D eigenvalue weighted by atomic mass is 32.2. The van der Waals surface area contributed by atoms with Gasteiger partial charge in [-0.15, -0.1) is 0 Å². The molecule has 0 atom stereocenters. The third kappa shape index (κ3) is 6.56. The molecular weight excluding hydrogens is 278 g/mol. The molecular formula is C14H21NO4S. The number of anilines is 1. The number of hydrogen-bond donors (Lipinski definition) is 2. The fraction of sp³-hybridized carbons (Fsp3) is 0.500. The zero-order valence-electron chi connectivity index (χ0n) is 11.6. The van der Waals surface area contributed by atoms with E-state index in [4.69, 9.17) is 5.11 Å². The van der Waals surface area contributed by atoms with E-state index >= 15 is 0 Å². The van der Waals surface area contributed by atoms with Crippen molar-refractivity contribution in [3.8, 4) is 0 Å². The molecule has 0 unspecified atom stereocenters. The molecule has 1 aromatic rings. The number of hydrogen-bond acceptors (Lipinski definition) is 3. The Morgan fingerprint density at radius 1 is 1.20 bits per heavy atom. The van der Waals surface area contributed by atoms with Crippen molar-refractivity contribution in [2.24, 2.45) is 0 Å². The zero-order chi connectivity index (χ0) is 15.0. The lowest BCUT2D eigenvalue weighted by molar-refractivity contribution is -0.137. The molecule has 1 rings (SSSR count). The molecule has 6 heteroatoms. The van der Waals surface area contributed by atoms with E-state index in [1.807, 2.05) is 12.1 Å². The van der Waals surface area contributed by atoms with Crippen molar-refractivity contribution in [3.63, 3.8) is 0 Å². The molecule has 0 aliphatic heterocycles. The van der Waals surface area contributed by atoms with E-state index in [0.717, 1.165) is 19.3 Å². The molecule has 2 N–H and O–H groups in total. The third-order valence-electron chi connectivity index (χ3n) is 2.85. The highest BCUT2D eigenvalue weighted by Gasteiger charge is 2.11. The van der Waals surface area contributed by atoms with E-state index in [2.05, 4.69) is 11.6 Å². The van der Waals surface area contributed by atoms with Crippen LogP contribution in [0.5, 0.6) is 0 Å². The van der Waals surface area contributed by atoms with Crippen molar-refractivity contribution in [3.05, 3.63) is 29.8 Å². The molecule has 0 bridgehead atoms. The summed E-state index contributed by atoms with van der Waals surface area (Å²) in [4.78, 5) is 10.4. The highest BCUT2D eigenvalue weighted by molar-refractivity contribution is 7.92. The van der Waals surface area contributed by atoms with Crippen LogP contribution in [-0.2, 0) is 21.2 Å². The molecule has 0 heterocycles. The predicted molar refractivity (Wildman–Crippen MR) is 79.3 cm³/mol. The molecule has 112 valence electrons. The van der Waals surface area contributed by atoms with Crippen LogP contribution in [-0.4, -0.2) is 25.2 Å². The fourth-order valence-corrected chi connectivity index (χ4v) is 2.89. The van der Waals surface area contributed by atoms with Crippen molar-refractivity contribution in [2.75, 3.05) is 10.5 Å². The summed E-state index contributed by atoms with van der Waals surface area (Å²) in [5, 5.41) is 8.49. The zero-order valence-corrected chi connectivity index (χ0v) is 12.4. The normalized spacial score (nSPS) is 11.2. The van der Waals surface area contributed by atoms with Gasteiger partial charge in [0.05, 0.1) is 5.75 Å². The van der Waals surface area contributed by atoms with Crippen molar-refractivity contribution >= 4 is 21.7 Å². The van der Waals surface area contributed by atoms with E-state index < -0.39 is 16.0 Å². The molecule has 0 aromatic heterocycles. The maximum Gasteiger partial charge on any atom is 0.303 e. The second-order valence-corrected chi connectivity index (χ2v) is 6.56. The minimum absolute atomic E-state index is 0.110. The summed E-state index contributed by atoms with van der Waals surface area (Å²) in [6.07, 6.45) is 3.19. The summed E-state index contributed by atoms with van der Waals surface area (Å²) < 4.78 is 25.9. The first-order valence-electron chi connectivity index (χ1n) is 6.74. The van der Waals surface area contributed by atoms with E-state index in [-0.39, 0.29) is 18.6 Å². The van der Waals surface area contributed by atoms with Crippen LogP contribution in [0, 0.1) is 0 Å². The van der Waals surface area contributed by atoms with Crippen LogP contribution in [0.3, 0.4) is 0 Å². The number of sulfonamides is 1. The standard InChI is InChI=1S/C14H21NO4S/c1-2-3-5-12-7-9-13(10-8-12)15-20(18,19)11-4-6-14(16)17/h7-10,15H,2-6,11H2,1H3,(H,16,17). The van der Waals surface area contributed by atoms with Gasteiger partial charge in [-0.25, -0.2) is 8.42 Å². The number of benzene rings is 1. The summed E-state index contributed by atoms with van der Waals surface area (Å²) in [7, 11) is -3.47. The Morgan fingerprint density at radius 3 is 2.40 bits per heavy atom. The molecule has 0 radical (unpaired) electrons. The summed E-state index contributed by atoms with van der Waals surface area (Å²) >= 11 is 0. The van der Waals surface area contributed by atoms with Crippen LogP contribution < -0.4 is 4.72 Å². The number of unbranched alkanes of at least 4 members (excludes halogenated alkanes) is 1. The Balaban J connectivity index is 2.52. The maximum atomic E-state index is 11.7. The lowest BCUT2D eigenvalue weighted by Crippen LogP contribution is -2.17. The van der Waals surface area contributed by atoms with Crippen LogP contribution in [0.25, 0.3) is 0 Å². The topological polar surface area (TPSA) is 83.5 Å². The number of nitrogens with one attached hydrogen (secondary N) is 1. The van der Waals surface area contributed by atoms with Crippen LogP contribution >= 0.6 is 0 Å². The lowest BCUT2D eigenvalue weighted by atomic mass is 10.1. The first kappa shape index (κ1) is 16.5. The van der Waals surface area contributed by atoms with Crippen molar-refractivity contribution < 1.29 is 18.3 Å². The summed E-state index contributed by atoms with van der Waals surface area (Å²) in [5.74, 6) is -1.17. The smallest absolute Gasteiger partial charge is 0.303 e. The van der Waals surface area contributed by atoms with Crippen LogP contribution in [0.4, 0.5) is 5.69 Å². The van der Waals surface area contributed by atoms with Crippen molar-refractivity contribution in [2.45, 2.75) is 39.0 Å². The molecule has 0 fully saturated rings. The summed E-state index contributed by atoms with van der Waals surface area (Å²) in [6, 6.07) is 7.29. The molecule has 0 saturated heterocycles. The minimum atomic E-state index is -3.47. The number of carboxylic acids is 1. The van der Waals surface area contributed by atoms with Crippen LogP contribution in [0.1, 0.15) is 38.2 Å². The number of rotatable bonds is 9. The molecule has 0 saturated carbocycles. The van der Waals surface area contributed by atoms with Gasteiger partial charge in [-0.2, -0.15) is 0 Å². The second kappa shape index (κ2) is 7.89. The number of carbonyl (C=O) groups is 1. The second-order valence-electron chi connectivity index (χ2n) is 4.72. The lowest BCUT2D eigenvalue weighted by Gasteiger charge is -2.08. The Bertz CT molecular complexity index is 523. The number of aryl methyl sites for hydroxylation is 1. The van der Waals surface area contributed by atoms with E-state index in [1.165, 1.54) is 5.56 Å². The Hall–Kier alpha value is -1.56. The SMILES string of the molecule is CCCCc1ccc(NS(=O)(=O)CCCC(=O)O)cc1. The van der Waals surface area contributed by atoms with Crippen LogP contribution in [0.2, 0.25) is 0 Å². The van der Waals surface area contributed by atoms with Crippen molar-refractivity contribution in [1.82, 2.24) is 0 Å². The predicted octanol–water partition coefficient (Wildman–Crippen LogP) is 2.64. The molecule has 1 aromatic carbocycles. The van der Waals surface area contributed by atoms with Gasteiger partial charge < -0.3 is 5.11 Å². The largest absolute Gasteiger partial charge is 0.481 e. The van der Waals surface area contributed by atoms with E-state index in [1.54, 1.807) is 12.1 Å². The summed E-state index contributed by atoms with van der Waals surface area (Å²) in [5.41, 5.74) is 1.70. The highest BCUT2D eigenvalue weighted by Crippen LogP contribution is 2.13. The van der Waals surface area contributed by atoms with Gasteiger partial charge in [-0.3, -0.25) is 9.52 Å². The molecule has 0 aliphatic rings. The third-order valence-corrected chi connectivity index (χ3v) is 4.22. The monoisotopic (exact) mass is 299 g/mol. The average molecular weight is 299 g/mol. The van der Waals surface area contributed by atoms with Gasteiger partial charge in [0.1, 0.15) is 0 Å². The van der Waals surface area contributed by atoms with Gasteiger partial charge in [0.25, 0.3) is 0 Å². The van der Waals surface area contributed by atoms with E-state index in [9.17, 15) is 13.2 Å². The molecule has 0 amide bonds. The number of carboxylic acid groups (broad SMARTS) is 1. The Kier molecular flexibility index (Phi) is 6.51. The van der Waals surface area contributed by atoms with Gasteiger partial charge in [-0.05, 0) is 37.0 Å². The molecule has 0 spiro atoms. The Morgan fingerprint density at radius 2 is 1.85 bits per heavy atom. The first-order chi connectivity index (χ1) is 9.43. The molecule has 0 aliphatic carbocycles. The average Bonchev–Trinajstić information content (AvgIpc) is 2.37. The molecule has 20 heavy (non-hydrogen) atoms. The maximum absolute atomic E-state index is 11.7. The quantitative estimate of drug-likeness (QED) is 0.734. The van der Waals surface area contributed by atoms with Gasteiger partial charge in [-0.1, -0.05) is 25.5 Å². The summed E-state index contributed by atoms with van der Waals surface area (Å²) in [6.45, 7) is 2.12. The van der Waals surface area contributed by atoms with Gasteiger partial charge in [0.2, 0.25) is 10.0 Å². The number of aliphatic carboxylic acids is 1. The van der Waals surface area contributed by atoms with Gasteiger partial charge in [0, 0.05) is 12.1 Å². The first-order valence-corrected chi connectivity index (χ1v) is 8.39. The molecule has 5 nitrogen and oxygen atoms in total. The fourth-order valence-electron chi connectivity index (χ4n) is 1.76. The van der Waals surface area contributed by atoms with E-state index in [0.29, 0.717) is 5.69 Å². The van der Waals surface area contributed by atoms with Crippen molar-refractivity contribution in [1.29, 1.82) is 0 Å². The van der Waals surface area contributed by atoms with Crippen LogP contribution in [0.15, 0.2) is 24.3 Å². The Labute approximate surface area is 120 Å². The minimum Gasteiger partial charge on any atom is -0.481 e. The van der Waals surface area contributed by atoms with Gasteiger partial charge in [0.15, 0.2) is 0 Å².